The normalized spacial score (nSPS) is 15.4. The lowest BCUT2D eigenvalue weighted by atomic mass is 9.94. The summed E-state index contributed by atoms with van der Waals surface area (Å²) >= 11 is 6.48. The van der Waals surface area contributed by atoms with E-state index in [0.717, 1.165) is 47.4 Å². The topological polar surface area (TPSA) is 119 Å². The Balaban J connectivity index is 2.04. The zero-order valence-electron chi connectivity index (χ0n) is 20.6. The largest absolute Gasteiger partial charge is 0.395 e. The maximum Gasteiger partial charge on any atom is 0.279 e. The molecular weight excluding hydrogens is 523 g/mol. The van der Waals surface area contributed by atoms with Gasteiger partial charge in [-0.15, -0.1) is 0 Å². The van der Waals surface area contributed by atoms with Gasteiger partial charge in [-0.1, -0.05) is 55.1 Å². The van der Waals surface area contributed by atoms with Crippen LogP contribution in [0.1, 0.15) is 43.7 Å². The van der Waals surface area contributed by atoms with E-state index in [-0.39, 0.29) is 23.3 Å². The number of nitrogens with one attached hydrogen (secondary N) is 2. The standard InChI is InChI=1S/C25H32ClFN4O5S/c1-30(37(35,36)28-14-15-32)17-23(33)31(20-11-7-8-18(27)16-20)24(21-12-5-6-13-22(21)26)25(34)29-19-9-3-2-4-10-19/h5-8,11-13,16,19,24,28,32H,2-4,9-10,14-15,17H2,1H3,(H,29,34). The molecule has 3 N–H and O–H groups in total. The highest BCUT2D eigenvalue weighted by molar-refractivity contribution is 7.87. The quantitative estimate of drug-likeness (QED) is 0.395. The van der Waals surface area contributed by atoms with Gasteiger partial charge in [0.25, 0.3) is 10.2 Å². The number of halogens is 2. The number of aliphatic hydroxyl groups excluding tert-OH is 1. The summed E-state index contributed by atoms with van der Waals surface area (Å²) < 4.78 is 42.2. The summed E-state index contributed by atoms with van der Waals surface area (Å²) in [6.07, 6.45) is 4.62. The predicted octanol–water partition coefficient (Wildman–Crippen LogP) is 2.76. The zero-order valence-corrected chi connectivity index (χ0v) is 22.1. The van der Waals surface area contributed by atoms with Crippen LogP contribution in [0, 0.1) is 5.82 Å². The minimum Gasteiger partial charge on any atom is -0.395 e. The van der Waals surface area contributed by atoms with Crippen molar-refractivity contribution in [1.82, 2.24) is 14.3 Å². The van der Waals surface area contributed by atoms with Crippen molar-refractivity contribution in [3.63, 3.8) is 0 Å². The summed E-state index contributed by atoms with van der Waals surface area (Å²) in [5.74, 6) is -1.90. The Labute approximate surface area is 221 Å². The van der Waals surface area contributed by atoms with Crippen LogP contribution in [0.15, 0.2) is 48.5 Å². The van der Waals surface area contributed by atoms with Gasteiger partial charge in [0.05, 0.1) is 13.2 Å². The number of nitrogens with zero attached hydrogens (tertiary/aromatic N) is 2. The zero-order chi connectivity index (χ0) is 27.0. The van der Waals surface area contributed by atoms with E-state index in [0.29, 0.717) is 5.56 Å². The number of anilines is 1. The van der Waals surface area contributed by atoms with E-state index < -0.39 is 47.0 Å². The van der Waals surface area contributed by atoms with Crippen molar-refractivity contribution >= 4 is 39.3 Å². The predicted molar refractivity (Wildman–Crippen MR) is 140 cm³/mol. The van der Waals surface area contributed by atoms with Crippen LogP contribution in [0.2, 0.25) is 5.02 Å². The fourth-order valence-corrected chi connectivity index (χ4v) is 5.41. The van der Waals surface area contributed by atoms with Crippen molar-refractivity contribution in [3.05, 3.63) is 64.9 Å². The minimum absolute atomic E-state index is 0.0721. The van der Waals surface area contributed by atoms with Crippen molar-refractivity contribution in [1.29, 1.82) is 0 Å². The molecule has 1 aliphatic carbocycles. The third kappa shape index (κ3) is 7.71. The maximum absolute atomic E-state index is 14.3. The lowest BCUT2D eigenvalue weighted by molar-refractivity contribution is -0.127. The lowest BCUT2D eigenvalue weighted by Gasteiger charge is -2.34. The molecule has 2 aromatic rings. The van der Waals surface area contributed by atoms with Crippen molar-refractivity contribution in [2.75, 3.05) is 31.6 Å². The Morgan fingerprint density at radius 1 is 1.14 bits per heavy atom. The summed E-state index contributed by atoms with van der Waals surface area (Å²) in [5, 5.41) is 12.2. The molecule has 1 atom stereocenters. The van der Waals surface area contributed by atoms with Crippen LogP contribution in [0.25, 0.3) is 0 Å². The molecule has 9 nitrogen and oxygen atoms in total. The highest BCUT2D eigenvalue weighted by Gasteiger charge is 2.36. The van der Waals surface area contributed by atoms with Crippen LogP contribution >= 0.6 is 11.6 Å². The van der Waals surface area contributed by atoms with E-state index in [1.54, 1.807) is 24.3 Å². The van der Waals surface area contributed by atoms with Gasteiger partial charge in [0.2, 0.25) is 11.8 Å². The fraction of sp³-hybridized carbons (Fsp3) is 0.440. The Morgan fingerprint density at radius 2 is 1.84 bits per heavy atom. The monoisotopic (exact) mass is 554 g/mol. The Morgan fingerprint density at radius 3 is 2.49 bits per heavy atom. The van der Waals surface area contributed by atoms with E-state index in [2.05, 4.69) is 10.0 Å². The van der Waals surface area contributed by atoms with Crippen molar-refractivity contribution < 1.29 is 27.5 Å². The average molecular weight is 555 g/mol. The van der Waals surface area contributed by atoms with Crippen LogP contribution in [0.4, 0.5) is 10.1 Å². The number of aliphatic hydroxyl groups is 1. The molecule has 0 spiro atoms. The smallest absolute Gasteiger partial charge is 0.279 e. The molecule has 37 heavy (non-hydrogen) atoms. The third-order valence-corrected chi connectivity index (χ3v) is 8.04. The minimum atomic E-state index is -4.11. The first-order valence-corrected chi connectivity index (χ1v) is 13.9. The maximum atomic E-state index is 14.3. The van der Waals surface area contributed by atoms with Gasteiger partial charge in [-0.25, -0.2) is 4.39 Å². The SMILES string of the molecule is CN(CC(=O)N(c1cccc(F)c1)C(C(=O)NC1CCCCC1)c1ccccc1Cl)S(=O)(=O)NCCO. The summed E-state index contributed by atoms with van der Waals surface area (Å²) in [4.78, 5) is 28.6. The van der Waals surface area contributed by atoms with Crippen molar-refractivity contribution in [2.24, 2.45) is 0 Å². The average Bonchev–Trinajstić information content (AvgIpc) is 2.87. The van der Waals surface area contributed by atoms with Crippen LogP contribution in [-0.4, -0.2) is 62.4 Å². The number of carbonyl (C=O) groups excluding carboxylic acids is 2. The highest BCUT2D eigenvalue weighted by Crippen LogP contribution is 2.33. The van der Waals surface area contributed by atoms with Gasteiger partial charge in [-0.05, 0) is 37.1 Å². The Kier molecular flexibility index (Phi) is 10.4. The van der Waals surface area contributed by atoms with Gasteiger partial charge in [-0.2, -0.15) is 17.4 Å². The van der Waals surface area contributed by atoms with E-state index in [1.165, 1.54) is 25.2 Å². The number of hydrogen-bond acceptors (Lipinski definition) is 5. The first-order valence-electron chi connectivity index (χ1n) is 12.1. The molecule has 2 aromatic carbocycles. The second-order valence-electron chi connectivity index (χ2n) is 8.89. The summed E-state index contributed by atoms with van der Waals surface area (Å²) in [5.41, 5.74) is 0.391. The molecule has 0 saturated heterocycles. The van der Waals surface area contributed by atoms with Gasteiger partial charge < -0.3 is 10.4 Å². The van der Waals surface area contributed by atoms with Gasteiger partial charge in [0.1, 0.15) is 11.9 Å². The van der Waals surface area contributed by atoms with Gasteiger partial charge in [0, 0.05) is 35.9 Å². The molecule has 0 bridgehead atoms. The molecule has 2 amide bonds. The molecule has 1 unspecified atom stereocenters. The summed E-state index contributed by atoms with van der Waals surface area (Å²) in [6, 6.07) is 10.4. The van der Waals surface area contributed by atoms with Gasteiger partial charge >= 0.3 is 0 Å². The summed E-state index contributed by atoms with van der Waals surface area (Å²) in [6.45, 7) is -1.32. The number of carbonyl (C=O) groups is 2. The first kappa shape index (κ1) is 29.0. The molecule has 12 heteroatoms. The lowest BCUT2D eigenvalue weighted by Crippen LogP contribution is -2.51. The molecule has 0 aliphatic heterocycles. The van der Waals surface area contributed by atoms with E-state index in [1.807, 2.05) is 0 Å². The van der Waals surface area contributed by atoms with Crippen LogP contribution < -0.4 is 14.9 Å². The molecule has 202 valence electrons. The molecule has 3 rings (SSSR count). The molecule has 1 saturated carbocycles. The molecule has 0 radical (unpaired) electrons. The van der Waals surface area contributed by atoms with E-state index in [9.17, 15) is 22.4 Å². The number of rotatable bonds is 11. The number of amides is 2. The molecule has 1 aliphatic rings. The van der Waals surface area contributed by atoms with Crippen LogP contribution in [0.5, 0.6) is 0 Å². The Hall–Kier alpha value is -2.57. The Bertz CT molecular complexity index is 1190. The second kappa shape index (κ2) is 13.3. The van der Waals surface area contributed by atoms with Crippen LogP contribution in [-0.2, 0) is 19.8 Å². The number of hydrogen-bond donors (Lipinski definition) is 3. The number of benzene rings is 2. The third-order valence-electron chi connectivity index (χ3n) is 6.18. The molecule has 1 fully saturated rings. The molecule has 0 aromatic heterocycles. The fourth-order valence-electron chi connectivity index (χ4n) is 4.32. The highest BCUT2D eigenvalue weighted by atomic mass is 35.5. The molecular formula is C25H32ClFN4O5S. The van der Waals surface area contributed by atoms with Crippen molar-refractivity contribution in [3.8, 4) is 0 Å². The first-order chi connectivity index (χ1) is 17.6. The second-order valence-corrected chi connectivity index (χ2v) is 11.2. The van der Waals surface area contributed by atoms with Gasteiger partial charge in [-0.3, -0.25) is 14.5 Å². The molecule has 0 heterocycles. The van der Waals surface area contributed by atoms with Crippen molar-refractivity contribution in [2.45, 2.75) is 44.2 Å². The van der Waals surface area contributed by atoms with Gasteiger partial charge in [0.15, 0.2) is 0 Å². The summed E-state index contributed by atoms with van der Waals surface area (Å²) in [7, 11) is -2.92. The van der Waals surface area contributed by atoms with Crippen LogP contribution in [0.3, 0.4) is 0 Å². The van der Waals surface area contributed by atoms with E-state index >= 15 is 0 Å². The van der Waals surface area contributed by atoms with E-state index in [4.69, 9.17) is 16.7 Å². The number of likely N-dealkylation sites (N-methyl/N-ethyl adjacent to an activating group) is 1.